The summed E-state index contributed by atoms with van der Waals surface area (Å²) in [5, 5.41) is 14.1. The molecule has 2 aliphatic rings. The molecule has 0 bridgehead atoms. The van der Waals surface area contributed by atoms with E-state index in [9.17, 15) is 5.11 Å². The Hall–Kier alpha value is -1.22. The molecule has 1 aromatic carbocycles. The molecule has 2 aliphatic heterocycles. The van der Waals surface area contributed by atoms with Crippen LogP contribution in [0.4, 0.5) is 5.69 Å². The van der Waals surface area contributed by atoms with Gasteiger partial charge in [0.1, 0.15) is 5.75 Å². The van der Waals surface area contributed by atoms with Crippen LogP contribution in [-0.2, 0) is 12.0 Å². The molecule has 3 rings (SSSR count). The van der Waals surface area contributed by atoms with E-state index < -0.39 is 0 Å². The van der Waals surface area contributed by atoms with Crippen molar-refractivity contribution in [3.05, 3.63) is 23.3 Å². The van der Waals surface area contributed by atoms with Gasteiger partial charge in [0.05, 0.1) is 0 Å². The summed E-state index contributed by atoms with van der Waals surface area (Å²) in [6.07, 6.45) is 4.42. The number of hydrogen-bond donors (Lipinski definition) is 2. The highest BCUT2D eigenvalue weighted by Gasteiger charge is 2.34. The van der Waals surface area contributed by atoms with Gasteiger partial charge in [-0.1, -0.05) is 6.07 Å². The minimum atomic E-state index is -0.0465. The van der Waals surface area contributed by atoms with Crippen molar-refractivity contribution in [3.8, 4) is 5.75 Å². The van der Waals surface area contributed by atoms with Crippen molar-refractivity contribution in [2.24, 2.45) is 0 Å². The minimum Gasteiger partial charge on any atom is -0.507 e. The summed E-state index contributed by atoms with van der Waals surface area (Å²) in [5.74, 6) is 0.524. The Morgan fingerprint density at radius 3 is 2.89 bits per heavy atom. The molecule has 1 fully saturated rings. The zero-order valence-corrected chi connectivity index (χ0v) is 11.3. The Morgan fingerprint density at radius 1 is 1.33 bits per heavy atom. The van der Waals surface area contributed by atoms with Crippen LogP contribution >= 0.6 is 0 Å². The van der Waals surface area contributed by atoms with Crippen LogP contribution in [-0.4, -0.2) is 25.2 Å². The number of phenolic OH excluding ortho intramolecular Hbond substituents is 1. The van der Waals surface area contributed by atoms with Gasteiger partial charge >= 0.3 is 0 Å². The molecular weight excluding hydrogens is 224 g/mol. The zero-order valence-electron chi connectivity index (χ0n) is 11.3. The summed E-state index contributed by atoms with van der Waals surface area (Å²) in [6.45, 7) is 4.34. The van der Waals surface area contributed by atoms with Crippen molar-refractivity contribution in [2.75, 3.05) is 25.0 Å². The highest BCUT2D eigenvalue weighted by molar-refractivity contribution is 5.63. The summed E-state index contributed by atoms with van der Waals surface area (Å²) < 4.78 is 0. The third kappa shape index (κ3) is 1.69. The second-order valence-corrected chi connectivity index (χ2v) is 5.85. The zero-order chi connectivity index (χ0) is 12.8. The SMILES string of the molecule is CN1CCCc2c1ccc(C1(C)CCCN1)c2O. The molecule has 0 radical (unpaired) electrons. The molecular formula is C15H22N2O. The molecule has 3 heteroatoms. The van der Waals surface area contributed by atoms with Crippen molar-refractivity contribution >= 4 is 5.69 Å². The lowest BCUT2D eigenvalue weighted by molar-refractivity contribution is 0.390. The molecule has 18 heavy (non-hydrogen) atoms. The van der Waals surface area contributed by atoms with Gasteiger partial charge in [-0.3, -0.25) is 0 Å². The van der Waals surface area contributed by atoms with Crippen LogP contribution in [0.2, 0.25) is 0 Å². The van der Waals surface area contributed by atoms with E-state index in [4.69, 9.17) is 0 Å². The van der Waals surface area contributed by atoms with Gasteiger partial charge in [0, 0.05) is 35.9 Å². The predicted molar refractivity (Wildman–Crippen MR) is 74.3 cm³/mol. The van der Waals surface area contributed by atoms with Crippen LogP contribution in [0.1, 0.15) is 37.3 Å². The van der Waals surface area contributed by atoms with Crippen LogP contribution in [0.15, 0.2) is 12.1 Å². The van der Waals surface area contributed by atoms with Crippen LogP contribution in [0, 0.1) is 0 Å². The molecule has 3 nitrogen and oxygen atoms in total. The van der Waals surface area contributed by atoms with Gasteiger partial charge in [0.2, 0.25) is 0 Å². The van der Waals surface area contributed by atoms with Gasteiger partial charge in [-0.25, -0.2) is 0 Å². The second-order valence-electron chi connectivity index (χ2n) is 5.85. The summed E-state index contributed by atoms with van der Waals surface area (Å²) in [7, 11) is 2.10. The maximum atomic E-state index is 10.6. The molecule has 0 spiro atoms. The first kappa shape index (κ1) is 11.8. The molecule has 1 unspecified atom stereocenters. The highest BCUT2D eigenvalue weighted by atomic mass is 16.3. The third-order valence-corrected chi connectivity index (χ3v) is 4.55. The Kier molecular flexibility index (Phi) is 2.74. The Morgan fingerprint density at radius 2 is 2.17 bits per heavy atom. The number of hydrogen-bond acceptors (Lipinski definition) is 3. The molecule has 0 aliphatic carbocycles. The van der Waals surface area contributed by atoms with Crippen molar-refractivity contribution in [3.63, 3.8) is 0 Å². The number of nitrogens with one attached hydrogen (secondary N) is 1. The largest absolute Gasteiger partial charge is 0.507 e. The van der Waals surface area contributed by atoms with Crippen molar-refractivity contribution in [1.82, 2.24) is 5.32 Å². The maximum Gasteiger partial charge on any atom is 0.125 e. The van der Waals surface area contributed by atoms with Crippen LogP contribution in [0.25, 0.3) is 0 Å². The number of aromatic hydroxyl groups is 1. The fourth-order valence-corrected chi connectivity index (χ4v) is 3.41. The number of nitrogens with zero attached hydrogens (tertiary/aromatic N) is 1. The van der Waals surface area contributed by atoms with E-state index in [0.717, 1.165) is 43.5 Å². The molecule has 0 amide bonds. The second kappa shape index (κ2) is 4.16. The van der Waals surface area contributed by atoms with Gasteiger partial charge < -0.3 is 15.3 Å². The Labute approximate surface area is 109 Å². The fourth-order valence-electron chi connectivity index (χ4n) is 3.41. The smallest absolute Gasteiger partial charge is 0.125 e. The lowest BCUT2D eigenvalue weighted by Gasteiger charge is -2.32. The van der Waals surface area contributed by atoms with E-state index in [2.05, 4.69) is 36.3 Å². The maximum absolute atomic E-state index is 10.6. The van der Waals surface area contributed by atoms with Crippen molar-refractivity contribution < 1.29 is 5.11 Å². The van der Waals surface area contributed by atoms with Gasteiger partial charge in [0.15, 0.2) is 0 Å². The first-order valence-corrected chi connectivity index (χ1v) is 6.93. The first-order valence-electron chi connectivity index (χ1n) is 6.93. The number of benzene rings is 1. The number of fused-ring (bicyclic) bond motifs is 1. The van der Waals surface area contributed by atoms with E-state index in [-0.39, 0.29) is 5.54 Å². The van der Waals surface area contributed by atoms with E-state index >= 15 is 0 Å². The molecule has 2 heterocycles. The van der Waals surface area contributed by atoms with Crippen LogP contribution in [0.3, 0.4) is 0 Å². The van der Waals surface area contributed by atoms with Crippen molar-refractivity contribution in [1.29, 1.82) is 0 Å². The summed E-state index contributed by atoms with van der Waals surface area (Å²) in [6, 6.07) is 4.28. The number of anilines is 1. The molecule has 0 saturated carbocycles. The van der Waals surface area contributed by atoms with Gasteiger partial charge in [-0.2, -0.15) is 0 Å². The molecule has 1 atom stereocenters. The average Bonchev–Trinajstić information content (AvgIpc) is 2.79. The van der Waals surface area contributed by atoms with Crippen molar-refractivity contribution in [2.45, 2.75) is 38.1 Å². The standard InChI is InChI=1S/C15H22N2O/c1-15(8-4-9-16-15)12-6-7-13-11(14(12)18)5-3-10-17(13)2/h6-7,16,18H,3-5,8-10H2,1-2H3. The summed E-state index contributed by atoms with van der Waals surface area (Å²) in [5.41, 5.74) is 3.36. The van der Waals surface area contributed by atoms with Gasteiger partial charge in [-0.15, -0.1) is 0 Å². The average molecular weight is 246 g/mol. The topological polar surface area (TPSA) is 35.5 Å². The quantitative estimate of drug-likeness (QED) is 0.798. The lowest BCUT2D eigenvalue weighted by Crippen LogP contribution is -2.34. The highest BCUT2D eigenvalue weighted by Crippen LogP contribution is 2.42. The third-order valence-electron chi connectivity index (χ3n) is 4.55. The molecule has 0 aromatic heterocycles. The lowest BCUT2D eigenvalue weighted by atomic mass is 9.86. The van der Waals surface area contributed by atoms with Gasteiger partial charge in [-0.05, 0) is 45.2 Å². The van der Waals surface area contributed by atoms with Crippen LogP contribution < -0.4 is 10.2 Å². The minimum absolute atomic E-state index is 0.0465. The van der Waals surface area contributed by atoms with Crippen LogP contribution in [0.5, 0.6) is 5.75 Å². The van der Waals surface area contributed by atoms with Gasteiger partial charge in [0.25, 0.3) is 0 Å². The monoisotopic (exact) mass is 246 g/mol. The van der Waals surface area contributed by atoms with E-state index in [1.165, 1.54) is 12.1 Å². The summed E-state index contributed by atoms with van der Waals surface area (Å²) in [4.78, 5) is 2.24. The molecule has 98 valence electrons. The molecule has 1 saturated heterocycles. The molecule has 2 N–H and O–H groups in total. The first-order chi connectivity index (χ1) is 8.62. The fraction of sp³-hybridized carbons (Fsp3) is 0.600. The van der Waals surface area contributed by atoms with E-state index in [1.807, 2.05) is 0 Å². The Bertz CT molecular complexity index is 464. The normalized spacial score (nSPS) is 27.3. The molecule has 1 aromatic rings. The van der Waals surface area contributed by atoms with E-state index in [1.54, 1.807) is 0 Å². The predicted octanol–water partition coefficient (Wildman–Crippen LogP) is 2.37. The number of rotatable bonds is 1. The Balaban J connectivity index is 2.07. The van der Waals surface area contributed by atoms with E-state index in [0.29, 0.717) is 5.75 Å². The number of phenols is 1. The summed E-state index contributed by atoms with van der Waals surface area (Å²) >= 11 is 0.